The largest absolute Gasteiger partial charge is 0.481 e. The van der Waals surface area contributed by atoms with E-state index >= 15 is 0 Å². The number of aromatic nitrogens is 1. The Hall–Kier alpha value is -1.54. The maximum Gasteiger partial charge on any atom is 0.303 e. The highest BCUT2D eigenvalue weighted by Gasteiger charge is 2.13. The lowest BCUT2D eigenvalue weighted by molar-refractivity contribution is -0.137. The predicted octanol–water partition coefficient (Wildman–Crippen LogP) is 2.89. The van der Waals surface area contributed by atoms with Crippen LogP contribution >= 0.6 is 21.6 Å². The zero-order valence-corrected chi connectivity index (χ0v) is 14.5. The van der Waals surface area contributed by atoms with E-state index in [0.717, 1.165) is 5.03 Å². The molecule has 23 heavy (non-hydrogen) atoms. The highest BCUT2D eigenvalue weighted by atomic mass is 33.1. The van der Waals surface area contributed by atoms with Crippen molar-refractivity contribution in [1.29, 1.82) is 0 Å². The molecule has 0 aliphatic carbocycles. The molecule has 0 radical (unpaired) electrons. The number of carboxylic acid groups (broad SMARTS) is 1. The summed E-state index contributed by atoms with van der Waals surface area (Å²) in [4.78, 5) is 35.2. The number of rotatable bonds is 6. The van der Waals surface area contributed by atoms with E-state index in [2.05, 4.69) is 10.3 Å². The van der Waals surface area contributed by atoms with E-state index in [1.165, 1.54) is 0 Å². The van der Waals surface area contributed by atoms with Crippen LogP contribution in [0.5, 0.6) is 0 Å². The molecule has 1 unspecified atom stereocenters. The number of imide groups is 1. The Morgan fingerprint density at radius 2 is 2.04 bits per heavy atom. The van der Waals surface area contributed by atoms with E-state index < -0.39 is 5.97 Å². The number of hydrogen-bond acceptors (Lipinski definition) is 6. The molecule has 6 nitrogen and oxygen atoms in total. The second-order valence-electron chi connectivity index (χ2n) is 4.92. The van der Waals surface area contributed by atoms with Crippen LogP contribution in [-0.2, 0) is 14.4 Å². The van der Waals surface area contributed by atoms with Gasteiger partial charge in [-0.2, -0.15) is 0 Å². The van der Waals surface area contributed by atoms with E-state index in [1.54, 1.807) is 27.8 Å². The number of aliphatic carboxylic acids is 1. The zero-order chi connectivity index (χ0) is 17.1. The smallest absolute Gasteiger partial charge is 0.303 e. The third-order valence-electron chi connectivity index (χ3n) is 2.79. The number of carbonyl (C=O) groups is 3. The second-order valence-corrected chi connectivity index (χ2v) is 7.57. The fourth-order valence-electron chi connectivity index (χ4n) is 1.59. The molecule has 2 rings (SSSR count). The van der Waals surface area contributed by atoms with Crippen molar-refractivity contribution in [2.45, 2.75) is 49.3 Å². The standard InChI is InChI=1S/C10H13NO2S2.C5H7NO2/c1-8(5-6-10(12)13)14-15-9-4-2-3-7-11-9;7-4-2-1-3-5(8)6-4/h2-4,7-8H,5-6H2,1H3,(H,12,13);1-3H2,(H,6,7,8). The van der Waals surface area contributed by atoms with Crippen LogP contribution in [0, 0.1) is 0 Å². The molecule has 126 valence electrons. The van der Waals surface area contributed by atoms with Gasteiger partial charge in [-0.25, -0.2) is 4.98 Å². The SMILES string of the molecule is CC(CCC(=O)O)SSc1ccccn1.O=C1CCCC(=O)N1. The molecule has 1 aromatic rings. The Labute approximate surface area is 143 Å². The maximum atomic E-state index is 10.3. The summed E-state index contributed by atoms with van der Waals surface area (Å²) >= 11 is 0. The number of carbonyl (C=O) groups excluding carboxylic acids is 2. The fraction of sp³-hybridized carbons (Fsp3) is 0.467. The third kappa shape index (κ3) is 9.96. The highest BCUT2D eigenvalue weighted by Crippen LogP contribution is 2.34. The van der Waals surface area contributed by atoms with Crippen LogP contribution in [0.4, 0.5) is 0 Å². The van der Waals surface area contributed by atoms with Crippen molar-refractivity contribution < 1.29 is 19.5 Å². The molecule has 2 amide bonds. The molecule has 1 fully saturated rings. The number of pyridine rings is 1. The monoisotopic (exact) mass is 356 g/mol. The van der Waals surface area contributed by atoms with Crippen molar-refractivity contribution in [3.63, 3.8) is 0 Å². The molecular weight excluding hydrogens is 336 g/mol. The molecule has 0 spiro atoms. The van der Waals surface area contributed by atoms with Crippen LogP contribution < -0.4 is 5.32 Å². The van der Waals surface area contributed by atoms with Crippen LogP contribution in [0.1, 0.15) is 39.0 Å². The van der Waals surface area contributed by atoms with Gasteiger partial charge in [0.05, 0.1) is 0 Å². The van der Waals surface area contributed by atoms with Crippen molar-refractivity contribution >= 4 is 39.4 Å². The average molecular weight is 356 g/mol. The molecule has 1 aromatic heterocycles. The number of amides is 2. The van der Waals surface area contributed by atoms with Gasteiger partial charge in [0.1, 0.15) is 5.03 Å². The van der Waals surface area contributed by atoms with Gasteiger partial charge in [-0.15, -0.1) is 0 Å². The lowest BCUT2D eigenvalue weighted by atomic mass is 10.1. The van der Waals surface area contributed by atoms with Crippen molar-refractivity contribution in [3.8, 4) is 0 Å². The van der Waals surface area contributed by atoms with Crippen molar-refractivity contribution in [3.05, 3.63) is 24.4 Å². The number of nitrogens with one attached hydrogen (secondary N) is 1. The summed E-state index contributed by atoms with van der Waals surface area (Å²) in [5, 5.41) is 12.0. The Balaban J connectivity index is 0.000000277. The van der Waals surface area contributed by atoms with Gasteiger partial charge in [0.2, 0.25) is 11.8 Å². The van der Waals surface area contributed by atoms with E-state index in [9.17, 15) is 14.4 Å². The first-order chi connectivity index (χ1) is 11.0. The van der Waals surface area contributed by atoms with Crippen molar-refractivity contribution in [2.75, 3.05) is 0 Å². The second kappa shape index (κ2) is 11.1. The summed E-state index contributed by atoms with van der Waals surface area (Å²) in [5.74, 6) is -1.01. The highest BCUT2D eigenvalue weighted by molar-refractivity contribution is 8.76. The van der Waals surface area contributed by atoms with Crippen LogP contribution in [-0.4, -0.2) is 33.1 Å². The predicted molar refractivity (Wildman–Crippen MR) is 91.0 cm³/mol. The van der Waals surface area contributed by atoms with Gasteiger partial charge >= 0.3 is 5.97 Å². The average Bonchev–Trinajstić information content (AvgIpc) is 2.52. The maximum absolute atomic E-state index is 10.3. The molecule has 2 N–H and O–H groups in total. The molecule has 0 aromatic carbocycles. The summed E-state index contributed by atoms with van der Waals surface area (Å²) in [6, 6.07) is 5.77. The Kier molecular flexibility index (Phi) is 9.39. The number of nitrogens with zero attached hydrogens (tertiary/aromatic N) is 1. The number of piperidine rings is 1. The molecule has 2 heterocycles. The molecule has 0 bridgehead atoms. The normalized spacial score (nSPS) is 15.2. The molecule has 1 aliphatic rings. The minimum Gasteiger partial charge on any atom is -0.481 e. The van der Waals surface area contributed by atoms with Crippen LogP contribution in [0.3, 0.4) is 0 Å². The van der Waals surface area contributed by atoms with E-state index in [1.807, 2.05) is 25.1 Å². The Morgan fingerprint density at radius 3 is 2.52 bits per heavy atom. The molecule has 0 saturated carbocycles. The zero-order valence-electron chi connectivity index (χ0n) is 12.9. The van der Waals surface area contributed by atoms with Crippen LogP contribution in [0.15, 0.2) is 29.4 Å². The van der Waals surface area contributed by atoms with Gasteiger partial charge in [-0.1, -0.05) is 23.8 Å². The first kappa shape index (κ1) is 19.5. The molecule has 8 heteroatoms. The van der Waals surface area contributed by atoms with Crippen molar-refractivity contribution in [1.82, 2.24) is 10.3 Å². The van der Waals surface area contributed by atoms with Gasteiger partial charge < -0.3 is 5.11 Å². The lowest BCUT2D eigenvalue weighted by Gasteiger charge is -2.07. The van der Waals surface area contributed by atoms with Gasteiger partial charge in [-0.05, 0) is 35.8 Å². The van der Waals surface area contributed by atoms with Crippen molar-refractivity contribution in [2.24, 2.45) is 0 Å². The molecule has 1 aliphatic heterocycles. The Morgan fingerprint density at radius 1 is 1.35 bits per heavy atom. The summed E-state index contributed by atoms with van der Waals surface area (Å²) in [7, 11) is 3.26. The minimum absolute atomic E-state index is 0.138. The summed E-state index contributed by atoms with van der Waals surface area (Å²) in [6.07, 6.45) is 4.41. The first-order valence-electron chi connectivity index (χ1n) is 7.26. The lowest BCUT2D eigenvalue weighted by Crippen LogP contribution is -2.33. The molecule has 1 saturated heterocycles. The fourth-order valence-corrected chi connectivity index (χ4v) is 3.68. The first-order valence-corrected chi connectivity index (χ1v) is 9.47. The Bertz CT molecular complexity index is 511. The summed E-state index contributed by atoms with van der Waals surface area (Å²) in [6.45, 7) is 2.03. The number of carboxylic acids is 1. The van der Waals surface area contributed by atoms with Crippen LogP contribution in [0.2, 0.25) is 0 Å². The molecular formula is C15H20N2O4S2. The third-order valence-corrected chi connectivity index (χ3v) is 5.65. The van der Waals surface area contributed by atoms with E-state index in [4.69, 9.17) is 5.11 Å². The van der Waals surface area contributed by atoms with Gasteiger partial charge in [-0.3, -0.25) is 19.7 Å². The van der Waals surface area contributed by atoms with Crippen LogP contribution in [0.25, 0.3) is 0 Å². The van der Waals surface area contributed by atoms with E-state index in [-0.39, 0.29) is 18.2 Å². The summed E-state index contributed by atoms with van der Waals surface area (Å²) < 4.78 is 0. The molecule has 1 atom stereocenters. The quantitative estimate of drug-likeness (QED) is 0.597. The number of hydrogen-bond donors (Lipinski definition) is 2. The topological polar surface area (TPSA) is 96.4 Å². The van der Waals surface area contributed by atoms with Gasteiger partial charge in [0, 0.05) is 30.7 Å². The minimum atomic E-state index is -0.731. The van der Waals surface area contributed by atoms with Gasteiger partial charge in [0.25, 0.3) is 0 Å². The summed E-state index contributed by atoms with van der Waals surface area (Å²) in [5.41, 5.74) is 0. The van der Waals surface area contributed by atoms with Gasteiger partial charge in [0.15, 0.2) is 0 Å². The van der Waals surface area contributed by atoms with E-state index in [0.29, 0.717) is 30.9 Å².